The Labute approximate surface area is 132 Å². The molecule has 7 heteroatoms. The molecule has 0 bridgehead atoms. The quantitative estimate of drug-likeness (QED) is 0.734. The molecule has 2 aromatic rings. The first-order valence-electron chi connectivity index (χ1n) is 7.01. The van der Waals surface area contributed by atoms with Gasteiger partial charge in [-0.05, 0) is 36.8 Å². The van der Waals surface area contributed by atoms with Gasteiger partial charge in [0.2, 0.25) is 0 Å². The van der Waals surface area contributed by atoms with Gasteiger partial charge in [-0.25, -0.2) is 13.6 Å². The van der Waals surface area contributed by atoms with Crippen molar-refractivity contribution in [2.45, 2.75) is 13.5 Å². The predicted molar refractivity (Wildman–Crippen MR) is 85.2 cm³/mol. The SMILES string of the molecule is CCOC(=O)Nc1ccc(NCc2ccc(F)cc2)c([18F])c1N. The molecule has 5 nitrogen and oxygen atoms in total. The zero-order chi connectivity index (χ0) is 16.8. The second kappa shape index (κ2) is 7.44. The summed E-state index contributed by atoms with van der Waals surface area (Å²) in [6.07, 6.45) is -0.703. The summed E-state index contributed by atoms with van der Waals surface area (Å²) in [5.74, 6) is -1.01. The number of amides is 1. The lowest BCUT2D eigenvalue weighted by molar-refractivity contribution is 0.168. The van der Waals surface area contributed by atoms with Crippen LogP contribution in [-0.2, 0) is 11.3 Å². The van der Waals surface area contributed by atoms with E-state index in [-0.39, 0.29) is 29.5 Å². The van der Waals surface area contributed by atoms with E-state index in [2.05, 4.69) is 10.6 Å². The topological polar surface area (TPSA) is 76.4 Å². The van der Waals surface area contributed by atoms with Crippen LogP contribution in [0.2, 0.25) is 0 Å². The van der Waals surface area contributed by atoms with Gasteiger partial charge in [0, 0.05) is 6.54 Å². The minimum Gasteiger partial charge on any atom is -0.450 e. The highest BCUT2D eigenvalue weighted by Crippen LogP contribution is 2.28. The van der Waals surface area contributed by atoms with Crippen LogP contribution in [0.5, 0.6) is 0 Å². The Balaban J connectivity index is 2.07. The van der Waals surface area contributed by atoms with Gasteiger partial charge in [0.25, 0.3) is 0 Å². The van der Waals surface area contributed by atoms with Crippen LogP contribution in [0.1, 0.15) is 12.5 Å². The number of halogens is 2. The summed E-state index contributed by atoms with van der Waals surface area (Å²) in [6.45, 7) is 2.17. The van der Waals surface area contributed by atoms with Gasteiger partial charge in [0.05, 0.1) is 23.7 Å². The molecule has 0 fully saturated rings. The van der Waals surface area contributed by atoms with Crippen LogP contribution in [0.25, 0.3) is 0 Å². The fourth-order valence-corrected chi connectivity index (χ4v) is 1.92. The number of benzene rings is 2. The first-order chi connectivity index (χ1) is 11.0. The minimum absolute atomic E-state index is 0.133. The highest BCUT2D eigenvalue weighted by atomic mass is 19.1. The number of carbonyl (C=O) groups excluding carboxylic acids is 1. The molecule has 2 rings (SSSR count). The Bertz CT molecular complexity index is 690. The van der Waals surface area contributed by atoms with Gasteiger partial charge < -0.3 is 15.8 Å². The van der Waals surface area contributed by atoms with E-state index in [4.69, 9.17) is 10.5 Å². The van der Waals surface area contributed by atoms with Crippen LogP contribution in [0, 0.1) is 11.6 Å². The Morgan fingerprint density at radius 2 is 1.78 bits per heavy atom. The second-order valence-electron chi connectivity index (χ2n) is 4.71. The third-order valence-electron chi connectivity index (χ3n) is 3.09. The normalized spacial score (nSPS) is 10.2. The van der Waals surface area contributed by atoms with Crippen LogP contribution in [0.15, 0.2) is 36.4 Å². The van der Waals surface area contributed by atoms with E-state index in [9.17, 15) is 13.6 Å². The Kier molecular flexibility index (Phi) is 5.35. The molecule has 23 heavy (non-hydrogen) atoms. The van der Waals surface area contributed by atoms with Gasteiger partial charge in [-0.15, -0.1) is 0 Å². The van der Waals surface area contributed by atoms with E-state index in [1.807, 2.05) is 0 Å². The molecule has 0 heterocycles. The zero-order valence-electron chi connectivity index (χ0n) is 12.5. The standard InChI is InChI=1S/C16H17F2N3O2/c1-2-23-16(22)21-13-8-7-12(14(18)15(13)19)20-9-10-3-5-11(17)6-4-10/h3-8,20H,2,9,19H2,1H3,(H,21,22)/i18-1. The number of hydrogen-bond acceptors (Lipinski definition) is 4. The maximum absolute atomic E-state index is 14.2. The molecule has 0 aromatic heterocycles. The number of nitrogens with two attached hydrogens (primary N) is 1. The molecule has 4 N–H and O–H groups in total. The van der Waals surface area contributed by atoms with Crippen LogP contribution >= 0.6 is 0 Å². The minimum atomic E-state index is -0.703. The van der Waals surface area contributed by atoms with Crippen molar-refractivity contribution in [3.05, 3.63) is 53.6 Å². The highest BCUT2D eigenvalue weighted by Gasteiger charge is 2.13. The van der Waals surface area contributed by atoms with Crippen LogP contribution in [-0.4, -0.2) is 12.7 Å². The average molecular weight is 320 g/mol. The van der Waals surface area contributed by atoms with Gasteiger partial charge in [-0.1, -0.05) is 12.1 Å². The van der Waals surface area contributed by atoms with Crippen molar-refractivity contribution in [2.24, 2.45) is 0 Å². The lowest BCUT2D eigenvalue weighted by Crippen LogP contribution is -2.15. The van der Waals surface area contributed by atoms with E-state index in [1.54, 1.807) is 19.1 Å². The molecule has 0 aliphatic heterocycles. The summed E-state index contributed by atoms with van der Waals surface area (Å²) in [5.41, 5.74) is 6.59. The van der Waals surface area contributed by atoms with Crippen molar-refractivity contribution < 1.29 is 18.3 Å². The second-order valence-corrected chi connectivity index (χ2v) is 4.71. The number of anilines is 3. The lowest BCUT2D eigenvalue weighted by Gasteiger charge is -2.13. The van der Waals surface area contributed by atoms with Crippen molar-refractivity contribution in [1.82, 2.24) is 0 Å². The van der Waals surface area contributed by atoms with Crippen LogP contribution in [0.3, 0.4) is 0 Å². The van der Waals surface area contributed by atoms with E-state index in [0.717, 1.165) is 5.56 Å². The molecule has 0 aliphatic rings. The molecule has 0 saturated carbocycles. The maximum Gasteiger partial charge on any atom is 0.411 e. The fourth-order valence-electron chi connectivity index (χ4n) is 1.92. The molecule has 0 radical (unpaired) electrons. The smallest absolute Gasteiger partial charge is 0.411 e. The predicted octanol–water partition coefficient (Wildman–Crippen LogP) is 3.73. The molecule has 2 aromatic carbocycles. The van der Waals surface area contributed by atoms with Gasteiger partial charge in [-0.2, -0.15) is 0 Å². The third kappa shape index (κ3) is 4.32. The molecule has 0 spiro atoms. The molecule has 0 saturated heterocycles. The summed E-state index contributed by atoms with van der Waals surface area (Å²) in [5, 5.41) is 5.24. The maximum atomic E-state index is 14.2. The fraction of sp³-hybridized carbons (Fsp3) is 0.188. The van der Waals surface area contributed by atoms with E-state index >= 15 is 0 Å². The summed E-state index contributed by atoms with van der Waals surface area (Å²) in [7, 11) is 0. The van der Waals surface area contributed by atoms with Gasteiger partial charge in [-0.3, -0.25) is 5.32 Å². The monoisotopic (exact) mass is 320 g/mol. The average Bonchev–Trinajstić information content (AvgIpc) is 2.53. The molecular formula is C16H17F2N3O2. The Hall–Kier alpha value is -2.83. The summed E-state index contributed by atoms with van der Waals surface area (Å²) in [4.78, 5) is 11.3. The number of carbonyl (C=O) groups is 1. The van der Waals surface area contributed by atoms with Crippen molar-refractivity contribution >= 4 is 23.2 Å². The zero-order valence-corrected chi connectivity index (χ0v) is 12.5. The van der Waals surface area contributed by atoms with Gasteiger partial charge >= 0.3 is 6.09 Å². The molecule has 0 unspecified atom stereocenters. The van der Waals surface area contributed by atoms with Crippen molar-refractivity contribution in [3.63, 3.8) is 0 Å². The van der Waals surface area contributed by atoms with Crippen LogP contribution in [0.4, 0.5) is 30.6 Å². The summed E-state index contributed by atoms with van der Waals surface area (Å²) >= 11 is 0. The van der Waals surface area contributed by atoms with E-state index in [1.165, 1.54) is 24.3 Å². The lowest BCUT2D eigenvalue weighted by atomic mass is 10.2. The summed E-state index contributed by atoms with van der Waals surface area (Å²) < 4.78 is 31.8. The highest BCUT2D eigenvalue weighted by molar-refractivity contribution is 5.90. The largest absolute Gasteiger partial charge is 0.450 e. The van der Waals surface area contributed by atoms with E-state index in [0.29, 0.717) is 6.54 Å². The third-order valence-corrected chi connectivity index (χ3v) is 3.09. The number of nitrogens with one attached hydrogen (secondary N) is 2. The first kappa shape index (κ1) is 16.5. The number of hydrogen-bond donors (Lipinski definition) is 3. The Morgan fingerprint density at radius 1 is 1.13 bits per heavy atom. The molecule has 0 atom stereocenters. The van der Waals surface area contributed by atoms with Crippen molar-refractivity contribution in [3.8, 4) is 0 Å². The van der Waals surface area contributed by atoms with Crippen molar-refractivity contribution in [2.75, 3.05) is 23.0 Å². The Morgan fingerprint density at radius 3 is 2.43 bits per heavy atom. The van der Waals surface area contributed by atoms with Crippen molar-refractivity contribution in [1.29, 1.82) is 0 Å². The molecule has 1 amide bonds. The molecular weight excluding hydrogens is 303 g/mol. The molecule has 0 aliphatic carbocycles. The first-order valence-corrected chi connectivity index (χ1v) is 7.01. The molecule has 122 valence electrons. The van der Waals surface area contributed by atoms with E-state index < -0.39 is 11.9 Å². The number of nitrogen functional groups attached to an aromatic ring is 1. The number of ether oxygens (including phenoxy) is 1. The van der Waals surface area contributed by atoms with Gasteiger partial charge in [0.15, 0.2) is 5.82 Å². The summed E-state index contributed by atoms with van der Waals surface area (Å²) in [6, 6.07) is 8.78. The van der Waals surface area contributed by atoms with Crippen LogP contribution < -0.4 is 16.4 Å². The van der Waals surface area contributed by atoms with Gasteiger partial charge in [0.1, 0.15) is 5.82 Å². The number of rotatable bonds is 5.